The number of fused-ring (bicyclic) bond motifs is 4. The molecule has 0 spiro atoms. The number of benzene rings is 1. The quantitative estimate of drug-likeness (QED) is 0.450. The van der Waals surface area contributed by atoms with E-state index in [0.29, 0.717) is 24.0 Å². The number of aromatic nitrogens is 4. The lowest BCUT2D eigenvalue weighted by atomic mass is 9.72. The molecule has 2 unspecified atom stereocenters. The van der Waals surface area contributed by atoms with Gasteiger partial charge in [-0.25, -0.2) is 14.4 Å². The summed E-state index contributed by atoms with van der Waals surface area (Å²) >= 11 is 0. The molecule has 8 nitrogen and oxygen atoms in total. The largest absolute Gasteiger partial charge is 0.421 e. The first kappa shape index (κ1) is 21.2. The van der Waals surface area contributed by atoms with Crippen molar-refractivity contribution in [2.45, 2.75) is 38.6 Å². The van der Waals surface area contributed by atoms with Crippen LogP contribution in [0.4, 0.5) is 15.9 Å². The number of nitrogens with zero attached hydrogens (tertiary/aromatic N) is 5. The van der Waals surface area contributed by atoms with E-state index < -0.39 is 0 Å². The Hall–Kier alpha value is -3.33. The summed E-state index contributed by atoms with van der Waals surface area (Å²) < 4.78 is 20.5. The fraction of sp³-hybridized carbons (Fsp3) is 0.440. The fourth-order valence-electron chi connectivity index (χ4n) is 5.58. The minimum atomic E-state index is -0.282. The zero-order valence-electron chi connectivity index (χ0n) is 19.4. The first-order chi connectivity index (χ1) is 16.5. The molecule has 176 valence electrons. The van der Waals surface area contributed by atoms with E-state index in [4.69, 9.17) is 20.4 Å². The zero-order chi connectivity index (χ0) is 23.4. The van der Waals surface area contributed by atoms with Crippen molar-refractivity contribution in [2.75, 3.05) is 30.4 Å². The molecule has 1 aliphatic heterocycles. The molecule has 9 heteroatoms. The molecule has 0 radical (unpaired) electrons. The predicted octanol–water partition coefficient (Wildman–Crippen LogP) is 3.55. The highest BCUT2D eigenvalue weighted by Crippen LogP contribution is 2.48. The van der Waals surface area contributed by atoms with Crippen molar-refractivity contribution >= 4 is 11.5 Å². The number of rotatable bonds is 6. The molecule has 0 bridgehead atoms. The van der Waals surface area contributed by atoms with Crippen LogP contribution >= 0.6 is 0 Å². The van der Waals surface area contributed by atoms with Gasteiger partial charge in [0.1, 0.15) is 17.5 Å². The second kappa shape index (κ2) is 8.16. The highest BCUT2D eigenvalue weighted by molar-refractivity contribution is 5.88. The lowest BCUT2D eigenvalue weighted by Gasteiger charge is -2.36. The molecule has 3 N–H and O–H groups in total. The molecular weight excluding hydrogens is 433 g/mol. The van der Waals surface area contributed by atoms with Crippen LogP contribution in [0.15, 0.2) is 24.5 Å². The summed E-state index contributed by atoms with van der Waals surface area (Å²) in [5, 5.41) is 3.13. The van der Waals surface area contributed by atoms with Crippen molar-refractivity contribution in [1.29, 1.82) is 0 Å². The number of nitrogens with one attached hydrogen (secondary N) is 1. The third kappa shape index (κ3) is 3.46. The number of hydrogen-bond donors (Lipinski definition) is 2. The summed E-state index contributed by atoms with van der Waals surface area (Å²) in [5.41, 5.74) is 10.6. The van der Waals surface area contributed by atoms with E-state index in [1.54, 1.807) is 25.5 Å². The van der Waals surface area contributed by atoms with E-state index in [1.807, 2.05) is 0 Å². The molecular formula is C25H28FN7O. The van der Waals surface area contributed by atoms with Gasteiger partial charge in [-0.15, -0.1) is 0 Å². The van der Waals surface area contributed by atoms with Crippen LogP contribution in [-0.2, 0) is 12.8 Å². The van der Waals surface area contributed by atoms with Gasteiger partial charge in [0.15, 0.2) is 5.75 Å². The van der Waals surface area contributed by atoms with Crippen LogP contribution in [0.25, 0.3) is 11.1 Å². The summed E-state index contributed by atoms with van der Waals surface area (Å²) in [6, 6.07) is 3.61. The molecule has 3 aliphatic rings. The van der Waals surface area contributed by atoms with Gasteiger partial charge >= 0.3 is 6.01 Å². The zero-order valence-corrected chi connectivity index (χ0v) is 19.4. The Bertz CT molecular complexity index is 1250. The third-order valence-electron chi connectivity index (χ3n) is 7.32. The van der Waals surface area contributed by atoms with Crippen LogP contribution in [0.1, 0.15) is 36.8 Å². The van der Waals surface area contributed by atoms with Crippen LogP contribution in [0.2, 0.25) is 0 Å². The fourth-order valence-corrected chi connectivity index (χ4v) is 5.58. The van der Waals surface area contributed by atoms with Gasteiger partial charge in [-0.3, -0.25) is 0 Å². The molecule has 3 atom stereocenters. The summed E-state index contributed by atoms with van der Waals surface area (Å²) in [4.78, 5) is 20.6. The van der Waals surface area contributed by atoms with Crippen molar-refractivity contribution in [1.82, 2.24) is 19.9 Å². The first-order valence-corrected chi connectivity index (χ1v) is 11.9. The monoisotopic (exact) mass is 461 g/mol. The molecule has 3 heterocycles. The topological polar surface area (TPSA) is 102 Å². The van der Waals surface area contributed by atoms with Crippen molar-refractivity contribution in [3.05, 3.63) is 47.4 Å². The number of halogens is 1. The molecule has 0 amide bonds. The summed E-state index contributed by atoms with van der Waals surface area (Å²) in [7, 11) is 1.81. The molecule has 2 aromatic heterocycles. The molecule has 3 aromatic rings. The van der Waals surface area contributed by atoms with Gasteiger partial charge < -0.3 is 20.7 Å². The van der Waals surface area contributed by atoms with E-state index >= 15 is 0 Å². The van der Waals surface area contributed by atoms with Crippen LogP contribution in [0, 0.1) is 17.7 Å². The molecule has 34 heavy (non-hydrogen) atoms. The lowest BCUT2D eigenvalue weighted by Crippen LogP contribution is -2.46. The smallest absolute Gasteiger partial charge is 0.324 e. The minimum absolute atomic E-state index is 0.236. The first-order valence-electron chi connectivity index (χ1n) is 11.9. The van der Waals surface area contributed by atoms with Crippen molar-refractivity contribution < 1.29 is 9.13 Å². The highest BCUT2D eigenvalue weighted by Gasteiger charge is 2.46. The van der Waals surface area contributed by atoms with Gasteiger partial charge in [0.05, 0.1) is 18.1 Å². The third-order valence-corrected chi connectivity index (χ3v) is 7.32. The molecule has 1 saturated heterocycles. The van der Waals surface area contributed by atoms with E-state index in [2.05, 4.69) is 27.1 Å². The van der Waals surface area contributed by atoms with Gasteiger partial charge in [-0.2, -0.15) is 9.97 Å². The summed E-state index contributed by atoms with van der Waals surface area (Å²) in [6.07, 6.45) is 6.74. The Labute approximate surface area is 197 Å². The predicted molar refractivity (Wildman–Crippen MR) is 128 cm³/mol. The standard InChI is InChI=1S/C25H28FN7O/c1-3-4-22-29-9-15(10-30-22)34-25-31-21-8-16-17(6-14(26)7-20(16)28-2)23(21)24(32-25)33-11-13-5-19(27)18(13)12-33/h6-7,9-10,13,18-19,28H,3-5,8,11-12,27H2,1-2H3/t13?,18?,19-/m1/s1. The molecule has 6 rings (SSSR count). The molecule has 1 saturated carbocycles. The Morgan fingerprint density at radius 1 is 1.21 bits per heavy atom. The second-order valence-electron chi connectivity index (χ2n) is 9.47. The Balaban J connectivity index is 1.41. The number of hydrogen-bond acceptors (Lipinski definition) is 8. The van der Waals surface area contributed by atoms with Gasteiger partial charge in [-0.1, -0.05) is 6.92 Å². The van der Waals surface area contributed by atoms with Gasteiger partial charge in [0.25, 0.3) is 0 Å². The van der Waals surface area contributed by atoms with E-state index in [0.717, 1.165) is 72.1 Å². The van der Waals surface area contributed by atoms with Crippen molar-refractivity contribution in [3.8, 4) is 22.9 Å². The normalized spacial score (nSPS) is 22.1. The maximum absolute atomic E-state index is 14.5. The maximum Gasteiger partial charge on any atom is 0.324 e. The summed E-state index contributed by atoms with van der Waals surface area (Å²) in [6.45, 7) is 3.82. The lowest BCUT2D eigenvalue weighted by molar-refractivity contribution is 0.194. The highest BCUT2D eigenvalue weighted by atomic mass is 19.1. The van der Waals surface area contributed by atoms with Gasteiger partial charge in [-0.05, 0) is 47.9 Å². The molecule has 1 aromatic carbocycles. The van der Waals surface area contributed by atoms with Crippen LogP contribution in [0.3, 0.4) is 0 Å². The average Bonchev–Trinajstić information content (AvgIpc) is 3.37. The maximum atomic E-state index is 14.5. The van der Waals surface area contributed by atoms with Gasteiger partial charge in [0, 0.05) is 50.3 Å². The van der Waals surface area contributed by atoms with E-state index in [9.17, 15) is 4.39 Å². The second-order valence-corrected chi connectivity index (χ2v) is 9.47. The average molecular weight is 462 g/mol. The van der Waals surface area contributed by atoms with Crippen LogP contribution < -0.4 is 20.7 Å². The number of anilines is 2. The van der Waals surface area contributed by atoms with E-state index in [1.165, 1.54) is 6.07 Å². The van der Waals surface area contributed by atoms with E-state index in [-0.39, 0.29) is 17.9 Å². The number of nitrogens with two attached hydrogens (primary N) is 1. The molecule has 2 fully saturated rings. The summed E-state index contributed by atoms with van der Waals surface area (Å²) in [5.74, 6) is 2.83. The Morgan fingerprint density at radius 2 is 2.03 bits per heavy atom. The van der Waals surface area contributed by atoms with Crippen molar-refractivity contribution in [2.24, 2.45) is 17.6 Å². The SMILES string of the molecule is CCCc1ncc(Oc2nc3c(c(N4CC5C[C@@H](N)C5C4)n2)-c2cc(F)cc(NC)c2C3)cn1. The van der Waals surface area contributed by atoms with Crippen molar-refractivity contribution in [3.63, 3.8) is 0 Å². The Morgan fingerprint density at radius 3 is 2.74 bits per heavy atom. The van der Waals surface area contributed by atoms with Crippen LogP contribution in [-0.4, -0.2) is 46.1 Å². The van der Waals surface area contributed by atoms with Crippen LogP contribution in [0.5, 0.6) is 11.8 Å². The number of aryl methyl sites for hydroxylation is 1. The Kier molecular flexibility index (Phi) is 5.09. The molecule has 2 aliphatic carbocycles. The van der Waals surface area contributed by atoms with Gasteiger partial charge in [0.2, 0.25) is 0 Å². The minimum Gasteiger partial charge on any atom is -0.421 e. The number of ether oxygens (including phenoxy) is 1.